The number of aliphatic carboxylic acids is 1. The maximum atomic E-state index is 11.6. The summed E-state index contributed by atoms with van der Waals surface area (Å²) in [4.78, 5) is 28.3. The molecule has 19 heavy (non-hydrogen) atoms. The molecule has 6 heteroatoms. The number of carboxylic acid groups (broad SMARTS) is 1. The zero-order valence-electron chi connectivity index (χ0n) is 11.6. The molecule has 0 aliphatic rings. The first-order valence-corrected chi connectivity index (χ1v) is 5.89. The lowest BCUT2D eigenvalue weighted by Gasteiger charge is -2.36. The predicted octanol–water partition coefficient (Wildman–Crippen LogP) is 1.18. The van der Waals surface area contributed by atoms with E-state index in [2.05, 4.69) is 4.98 Å². The SMILES string of the molecule is Cc1ccnc(N(CC(=O)O)C(C)(C)C)c1C(N)=O. The third-order valence-electron chi connectivity index (χ3n) is 2.74. The number of aromatic nitrogens is 1. The Kier molecular flexibility index (Phi) is 4.14. The minimum absolute atomic E-state index is 0.250. The molecule has 0 fully saturated rings. The van der Waals surface area contributed by atoms with Gasteiger partial charge in [-0.15, -0.1) is 0 Å². The average Bonchev–Trinajstić information content (AvgIpc) is 2.23. The number of rotatable bonds is 4. The first-order chi connectivity index (χ1) is 8.64. The maximum absolute atomic E-state index is 11.6. The van der Waals surface area contributed by atoms with Gasteiger partial charge in [0.05, 0.1) is 5.56 Å². The molecule has 0 radical (unpaired) electrons. The smallest absolute Gasteiger partial charge is 0.323 e. The number of amides is 1. The van der Waals surface area contributed by atoms with Crippen LogP contribution in [0.2, 0.25) is 0 Å². The zero-order chi connectivity index (χ0) is 14.8. The summed E-state index contributed by atoms with van der Waals surface area (Å²) >= 11 is 0. The summed E-state index contributed by atoms with van der Waals surface area (Å²) in [6.07, 6.45) is 1.54. The summed E-state index contributed by atoms with van der Waals surface area (Å²) in [5, 5.41) is 9.02. The minimum atomic E-state index is -0.992. The van der Waals surface area contributed by atoms with E-state index in [9.17, 15) is 9.59 Å². The van der Waals surface area contributed by atoms with Gasteiger partial charge >= 0.3 is 5.97 Å². The molecule has 1 amide bonds. The first-order valence-electron chi connectivity index (χ1n) is 5.89. The highest BCUT2D eigenvalue weighted by Crippen LogP contribution is 2.26. The van der Waals surface area contributed by atoms with Crippen molar-refractivity contribution in [1.29, 1.82) is 0 Å². The molecule has 0 spiro atoms. The highest BCUT2D eigenvalue weighted by atomic mass is 16.4. The number of nitrogens with zero attached hydrogens (tertiary/aromatic N) is 2. The lowest BCUT2D eigenvalue weighted by atomic mass is 10.0. The second-order valence-electron chi connectivity index (χ2n) is 5.34. The molecule has 1 aromatic rings. The molecule has 1 aromatic heterocycles. The van der Waals surface area contributed by atoms with Crippen LogP contribution in [0, 0.1) is 6.92 Å². The molecule has 0 saturated heterocycles. The van der Waals surface area contributed by atoms with E-state index in [1.165, 1.54) is 6.20 Å². The summed E-state index contributed by atoms with van der Waals surface area (Å²) in [6.45, 7) is 7.05. The molecular weight excluding hydrogens is 246 g/mol. The van der Waals surface area contributed by atoms with Gasteiger partial charge in [0.25, 0.3) is 5.91 Å². The number of primary amides is 1. The van der Waals surface area contributed by atoms with Gasteiger partial charge in [0.15, 0.2) is 0 Å². The standard InChI is InChI=1S/C13H19N3O3/c1-8-5-6-15-12(10(8)11(14)19)16(7-9(17)18)13(2,3)4/h5-6H,7H2,1-4H3,(H2,14,19)(H,17,18). The van der Waals surface area contributed by atoms with E-state index in [4.69, 9.17) is 10.8 Å². The van der Waals surface area contributed by atoms with Gasteiger partial charge < -0.3 is 15.7 Å². The van der Waals surface area contributed by atoms with Gasteiger partial charge in [-0.1, -0.05) is 0 Å². The molecule has 1 rings (SSSR count). The van der Waals surface area contributed by atoms with E-state index in [0.717, 1.165) is 0 Å². The maximum Gasteiger partial charge on any atom is 0.323 e. The van der Waals surface area contributed by atoms with Gasteiger partial charge in [-0.2, -0.15) is 0 Å². The fourth-order valence-corrected chi connectivity index (χ4v) is 1.82. The number of aryl methyl sites for hydroxylation is 1. The van der Waals surface area contributed by atoms with Crippen LogP contribution in [-0.2, 0) is 4.79 Å². The summed E-state index contributed by atoms with van der Waals surface area (Å²) in [7, 11) is 0. The largest absolute Gasteiger partial charge is 0.480 e. The van der Waals surface area contributed by atoms with E-state index in [1.54, 1.807) is 17.9 Å². The van der Waals surface area contributed by atoms with Crippen LogP contribution in [0.5, 0.6) is 0 Å². The highest BCUT2D eigenvalue weighted by Gasteiger charge is 2.28. The Morgan fingerprint density at radius 1 is 1.42 bits per heavy atom. The molecule has 0 aliphatic carbocycles. The van der Waals surface area contributed by atoms with E-state index in [1.807, 2.05) is 20.8 Å². The van der Waals surface area contributed by atoms with E-state index < -0.39 is 17.4 Å². The van der Waals surface area contributed by atoms with Crippen molar-refractivity contribution < 1.29 is 14.7 Å². The van der Waals surface area contributed by atoms with Crippen LogP contribution in [0.3, 0.4) is 0 Å². The number of anilines is 1. The van der Waals surface area contributed by atoms with Crippen LogP contribution in [0.25, 0.3) is 0 Å². The van der Waals surface area contributed by atoms with Crippen LogP contribution in [0.1, 0.15) is 36.7 Å². The number of pyridine rings is 1. The molecule has 0 atom stereocenters. The molecule has 0 saturated carbocycles. The van der Waals surface area contributed by atoms with Gasteiger partial charge in [-0.3, -0.25) is 9.59 Å². The fourth-order valence-electron chi connectivity index (χ4n) is 1.82. The van der Waals surface area contributed by atoms with Crippen LogP contribution in [0.15, 0.2) is 12.3 Å². The Morgan fingerprint density at radius 3 is 2.42 bits per heavy atom. The van der Waals surface area contributed by atoms with Crippen molar-refractivity contribution in [2.45, 2.75) is 33.2 Å². The lowest BCUT2D eigenvalue weighted by molar-refractivity contribution is -0.135. The second kappa shape index (κ2) is 5.26. The zero-order valence-corrected chi connectivity index (χ0v) is 11.6. The minimum Gasteiger partial charge on any atom is -0.480 e. The highest BCUT2D eigenvalue weighted by molar-refractivity contribution is 5.99. The summed E-state index contributed by atoms with van der Waals surface area (Å²) in [6, 6.07) is 1.67. The van der Waals surface area contributed by atoms with Crippen LogP contribution >= 0.6 is 0 Å². The predicted molar refractivity (Wildman–Crippen MR) is 72.2 cm³/mol. The fraction of sp³-hybridized carbons (Fsp3) is 0.462. The van der Waals surface area contributed by atoms with E-state index >= 15 is 0 Å². The first kappa shape index (κ1) is 14.9. The van der Waals surface area contributed by atoms with Crippen molar-refractivity contribution in [2.75, 3.05) is 11.4 Å². The summed E-state index contributed by atoms with van der Waals surface area (Å²) in [5.74, 6) is -1.30. The van der Waals surface area contributed by atoms with Crippen molar-refractivity contribution in [2.24, 2.45) is 5.73 Å². The summed E-state index contributed by atoms with van der Waals surface area (Å²) < 4.78 is 0. The molecule has 6 nitrogen and oxygen atoms in total. The molecule has 1 heterocycles. The van der Waals surface area contributed by atoms with Crippen LogP contribution in [-0.4, -0.2) is 34.1 Å². The molecule has 0 bridgehead atoms. The van der Waals surface area contributed by atoms with Crippen LogP contribution in [0.4, 0.5) is 5.82 Å². The average molecular weight is 265 g/mol. The van der Waals surface area contributed by atoms with Gasteiger partial charge in [0.2, 0.25) is 0 Å². The normalized spacial score (nSPS) is 11.2. The van der Waals surface area contributed by atoms with Crippen molar-refractivity contribution >= 4 is 17.7 Å². The Hall–Kier alpha value is -2.11. The van der Waals surface area contributed by atoms with Crippen molar-refractivity contribution in [3.8, 4) is 0 Å². The monoisotopic (exact) mass is 265 g/mol. The Labute approximate surface area is 112 Å². The third kappa shape index (κ3) is 3.43. The Balaban J connectivity index is 3.42. The van der Waals surface area contributed by atoms with E-state index in [0.29, 0.717) is 11.4 Å². The molecular formula is C13H19N3O3. The second-order valence-corrected chi connectivity index (χ2v) is 5.34. The quantitative estimate of drug-likeness (QED) is 0.852. The van der Waals surface area contributed by atoms with E-state index in [-0.39, 0.29) is 12.1 Å². The summed E-state index contributed by atoms with van der Waals surface area (Å²) in [5.41, 5.74) is 5.82. The van der Waals surface area contributed by atoms with Crippen molar-refractivity contribution in [1.82, 2.24) is 4.98 Å². The third-order valence-corrected chi connectivity index (χ3v) is 2.74. The number of hydrogen-bond donors (Lipinski definition) is 2. The van der Waals surface area contributed by atoms with Gasteiger partial charge in [-0.05, 0) is 39.3 Å². The van der Waals surface area contributed by atoms with Crippen molar-refractivity contribution in [3.05, 3.63) is 23.4 Å². The number of carbonyl (C=O) groups excluding carboxylic acids is 1. The van der Waals surface area contributed by atoms with Gasteiger partial charge in [-0.25, -0.2) is 4.98 Å². The Bertz CT molecular complexity index is 506. The molecule has 104 valence electrons. The number of hydrogen-bond acceptors (Lipinski definition) is 4. The number of carbonyl (C=O) groups is 2. The van der Waals surface area contributed by atoms with Crippen molar-refractivity contribution in [3.63, 3.8) is 0 Å². The van der Waals surface area contributed by atoms with Gasteiger partial charge in [0, 0.05) is 11.7 Å². The Morgan fingerprint density at radius 2 is 2.00 bits per heavy atom. The molecule has 0 unspecified atom stereocenters. The van der Waals surface area contributed by atoms with Gasteiger partial charge in [0.1, 0.15) is 12.4 Å². The number of carboxylic acids is 1. The molecule has 3 N–H and O–H groups in total. The topological polar surface area (TPSA) is 96.5 Å². The van der Waals surface area contributed by atoms with Crippen LogP contribution < -0.4 is 10.6 Å². The lowest BCUT2D eigenvalue weighted by Crippen LogP contribution is -2.46. The molecule has 0 aliphatic heterocycles. The number of nitrogens with two attached hydrogens (primary N) is 1. The molecule has 0 aromatic carbocycles.